The third-order valence-electron chi connectivity index (χ3n) is 1.10. The Hall–Kier alpha value is 1.07. The van der Waals surface area contributed by atoms with Gasteiger partial charge in [0.2, 0.25) is 0 Å². The maximum atomic E-state index is 8.14. The van der Waals surface area contributed by atoms with Gasteiger partial charge >= 0.3 is 0 Å². The third kappa shape index (κ3) is 59.7. The van der Waals surface area contributed by atoms with E-state index in [1.54, 1.807) is 0 Å². The fourth-order valence-corrected chi connectivity index (χ4v) is 0. The Morgan fingerprint density at radius 3 is 0.625 bits per heavy atom. The summed E-state index contributed by atoms with van der Waals surface area (Å²) in [6, 6.07) is 0. The summed E-state index contributed by atoms with van der Waals surface area (Å²) in [5, 5.41) is 24.4. The van der Waals surface area contributed by atoms with E-state index in [-0.39, 0.29) is 35.6 Å². The quantitative estimate of drug-likeness (QED) is 0.720. The molecule has 0 amide bonds. The van der Waals surface area contributed by atoms with Gasteiger partial charge in [0, 0.05) is 55.4 Å². The van der Waals surface area contributed by atoms with Crippen LogP contribution in [-0.4, -0.2) is 35.1 Å². The van der Waals surface area contributed by atoms with Crippen LogP contribution in [0, 0.1) is 53.4 Å². The van der Waals surface area contributed by atoms with Gasteiger partial charge in [0.15, 0.2) is 0 Å². The summed E-state index contributed by atoms with van der Waals surface area (Å²) in [4.78, 5) is 0. The van der Waals surface area contributed by atoms with Gasteiger partial charge in [0.1, 0.15) is 0 Å². The molecule has 0 saturated carbocycles. The first-order valence-electron chi connectivity index (χ1n) is 5.64. The van der Waals surface area contributed by atoms with Crippen molar-refractivity contribution in [3.8, 4) is 0 Å². The molecule has 0 aliphatic heterocycles. The van der Waals surface area contributed by atoms with Crippen molar-refractivity contribution in [3.05, 3.63) is 0 Å². The minimum absolute atomic E-state index is 0. The average molecular weight is 361 g/mol. The van der Waals surface area contributed by atoms with Crippen LogP contribution in [0.15, 0.2) is 0 Å². The van der Waals surface area contributed by atoms with Gasteiger partial charge in [0.05, 0.1) is 0 Å². The minimum atomic E-state index is 0. The van der Waals surface area contributed by atoms with E-state index in [1.807, 2.05) is 41.5 Å². The first-order valence-corrected chi connectivity index (χ1v) is 5.64. The number of aliphatic hydroxyl groups is 3. The smallest absolute Gasteiger partial charge is 0.0453 e. The second kappa shape index (κ2) is 21.4. The van der Waals surface area contributed by atoms with E-state index in [1.165, 1.54) is 0 Å². The summed E-state index contributed by atoms with van der Waals surface area (Å²) in [5.41, 5.74) is 0. The van der Waals surface area contributed by atoms with Crippen LogP contribution in [0.25, 0.3) is 0 Å². The molecule has 0 unspecified atom stereocenters. The summed E-state index contributed by atoms with van der Waals surface area (Å²) >= 11 is 0. The Kier molecular flexibility index (Phi) is 34.5. The van der Waals surface area contributed by atoms with Gasteiger partial charge in [-0.15, -0.1) is 0 Å². The van der Waals surface area contributed by atoms with Crippen molar-refractivity contribution in [2.45, 2.75) is 41.5 Å². The minimum Gasteiger partial charge on any atom is -0.396 e. The summed E-state index contributed by atoms with van der Waals surface area (Å²) in [5.74, 6) is 1.32. The number of hydrogen-bond donors (Lipinski definition) is 3. The van der Waals surface area contributed by atoms with Crippen LogP contribution in [0.5, 0.6) is 0 Å². The van der Waals surface area contributed by atoms with E-state index in [0.717, 1.165) is 0 Å². The van der Waals surface area contributed by atoms with Gasteiger partial charge in [-0.1, -0.05) is 41.5 Å². The summed E-state index contributed by atoms with van der Waals surface area (Å²) in [6.45, 7) is 12.7. The van der Waals surface area contributed by atoms with Gasteiger partial charge in [-0.05, 0) is 17.8 Å². The Labute approximate surface area is 129 Å². The van der Waals surface area contributed by atoms with Crippen molar-refractivity contribution in [1.29, 1.82) is 0 Å². The topological polar surface area (TPSA) is 60.7 Å². The molecule has 0 saturated heterocycles. The standard InChI is InChI=1S/3C4H10O.La/c3*1-4(2)3-5;/h3*4-5H,3H2,1-2H3;. The average Bonchev–Trinajstić information content (AvgIpc) is 2.19. The molecule has 0 aliphatic carbocycles. The molecule has 1 radical (unpaired) electrons. The molecule has 0 aromatic heterocycles. The molecule has 99 valence electrons. The van der Waals surface area contributed by atoms with Crippen LogP contribution in [0.1, 0.15) is 41.5 Å². The first-order chi connectivity index (χ1) is 6.81. The van der Waals surface area contributed by atoms with Crippen molar-refractivity contribution in [1.82, 2.24) is 0 Å². The number of hydrogen-bond acceptors (Lipinski definition) is 3. The van der Waals surface area contributed by atoms with E-state index in [4.69, 9.17) is 15.3 Å². The molecule has 0 rings (SSSR count). The summed E-state index contributed by atoms with van der Waals surface area (Å²) in [7, 11) is 0. The van der Waals surface area contributed by atoms with Crippen molar-refractivity contribution in [2.75, 3.05) is 19.8 Å². The second-order valence-corrected chi connectivity index (χ2v) is 4.73. The second-order valence-electron chi connectivity index (χ2n) is 4.73. The van der Waals surface area contributed by atoms with Gasteiger partial charge < -0.3 is 15.3 Å². The summed E-state index contributed by atoms with van der Waals surface area (Å²) < 4.78 is 0. The predicted molar refractivity (Wildman–Crippen MR) is 65.8 cm³/mol. The fourth-order valence-electron chi connectivity index (χ4n) is 0. The maximum Gasteiger partial charge on any atom is 0.0453 e. The van der Waals surface area contributed by atoms with Gasteiger partial charge in [-0.25, -0.2) is 0 Å². The number of aliphatic hydroxyl groups excluding tert-OH is 3. The fraction of sp³-hybridized carbons (Fsp3) is 1.00. The van der Waals surface area contributed by atoms with Crippen LogP contribution in [0.4, 0.5) is 0 Å². The normalized spacial score (nSPS) is 9.00. The van der Waals surface area contributed by atoms with E-state index < -0.39 is 0 Å². The molecular formula is C12H30LaO3. The molecule has 0 atom stereocenters. The predicted octanol–water partition coefficient (Wildman–Crippen LogP) is 1.90. The Balaban J connectivity index is -0.0000000655. The molecule has 0 bridgehead atoms. The molecule has 4 heteroatoms. The molecule has 16 heavy (non-hydrogen) atoms. The van der Waals surface area contributed by atoms with Crippen molar-refractivity contribution in [3.63, 3.8) is 0 Å². The molecule has 0 heterocycles. The van der Waals surface area contributed by atoms with Crippen LogP contribution >= 0.6 is 0 Å². The molecule has 3 nitrogen and oxygen atoms in total. The Morgan fingerprint density at radius 2 is 0.625 bits per heavy atom. The van der Waals surface area contributed by atoms with Gasteiger partial charge in [-0.3, -0.25) is 0 Å². The molecule has 0 fully saturated rings. The molecule has 0 aromatic rings. The maximum absolute atomic E-state index is 8.14. The molecular weight excluding hydrogens is 331 g/mol. The van der Waals surface area contributed by atoms with E-state index >= 15 is 0 Å². The Bertz CT molecular complexity index is 77.2. The molecule has 0 aromatic carbocycles. The SMILES string of the molecule is CC(C)CO.CC(C)CO.CC(C)CO.[La]. The van der Waals surface area contributed by atoms with Crippen LogP contribution in [0.3, 0.4) is 0 Å². The van der Waals surface area contributed by atoms with Crippen LogP contribution in [-0.2, 0) is 0 Å². The zero-order valence-corrected chi connectivity index (χ0v) is 15.4. The third-order valence-corrected chi connectivity index (χ3v) is 1.10. The van der Waals surface area contributed by atoms with Crippen molar-refractivity contribution >= 4 is 0 Å². The first kappa shape index (κ1) is 25.8. The molecule has 3 N–H and O–H groups in total. The Morgan fingerprint density at radius 1 is 0.562 bits per heavy atom. The van der Waals surface area contributed by atoms with Crippen LogP contribution < -0.4 is 0 Å². The number of rotatable bonds is 3. The molecule has 0 aliphatic rings. The van der Waals surface area contributed by atoms with Crippen molar-refractivity contribution in [2.24, 2.45) is 17.8 Å². The zero-order chi connectivity index (χ0) is 12.9. The summed E-state index contributed by atoms with van der Waals surface area (Å²) in [6.07, 6.45) is 0. The van der Waals surface area contributed by atoms with Crippen molar-refractivity contribution < 1.29 is 50.9 Å². The molecule has 0 spiro atoms. The monoisotopic (exact) mass is 361 g/mol. The van der Waals surface area contributed by atoms with E-state index in [2.05, 4.69) is 0 Å². The van der Waals surface area contributed by atoms with E-state index in [9.17, 15) is 0 Å². The van der Waals surface area contributed by atoms with Gasteiger partial charge in [0.25, 0.3) is 0 Å². The van der Waals surface area contributed by atoms with E-state index in [0.29, 0.717) is 37.6 Å². The van der Waals surface area contributed by atoms with Crippen LogP contribution in [0.2, 0.25) is 0 Å². The zero-order valence-electron chi connectivity index (χ0n) is 11.8. The largest absolute Gasteiger partial charge is 0.396 e. The van der Waals surface area contributed by atoms with Gasteiger partial charge in [-0.2, -0.15) is 0 Å².